The Balaban J connectivity index is 4.68. The van der Waals surface area contributed by atoms with Crippen LogP contribution in [0.25, 0.3) is 0 Å². The van der Waals surface area contributed by atoms with Crippen molar-refractivity contribution in [3.63, 3.8) is 0 Å². The SMILES string of the molecule is CCCN(CCC)C(C)=[N+](CCC)CCC. The molecule has 0 aliphatic rings. The molecule has 0 rings (SSSR count). The van der Waals surface area contributed by atoms with Crippen LogP contribution in [0.15, 0.2) is 0 Å². The monoisotopic (exact) mass is 227 g/mol. The van der Waals surface area contributed by atoms with Gasteiger partial charge in [-0.2, -0.15) is 0 Å². The highest BCUT2D eigenvalue weighted by atomic mass is 15.2. The highest BCUT2D eigenvalue weighted by Crippen LogP contribution is 1.99. The molecule has 0 radical (unpaired) electrons. The second-order valence-corrected chi connectivity index (χ2v) is 4.52. The standard InChI is InChI=1S/C14H31N2/c1-6-10-15(11-7-2)14(5)16(12-8-3)13-9-4/h6-13H2,1-5H3/q+1. The van der Waals surface area contributed by atoms with E-state index in [-0.39, 0.29) is 0 Å². The Labute approximate surface area is 102 Å². The lowest BCUT2D eigenvalue weighted by Gasteiger charge is -2.20. The van der Waals surface area contributed by atoms with Crippen molar-refractivity contribution < 1.29 is 4.58 Å². The molecule has 16 heavy (non-hydrogen) atoms. The predicted molar refractivity (Wildman–Crippen MR) is 73.4 cm³/mol. The van der Waals surface area contributed by atoms with Gasteiger partial charge in [-0.05, 0) is 25.7 Å². The summed E-state index contributed by atoms with van der Waals surface area (Å²) in [7, 11) is 0. The maximum Gasteiger partial charge on any atom is 0.243 e. The first-order chi connectivity index (χ1) is 7.71. The van der Waals surface area contributed by atoms with Crippen molar-refractivity contribution in [3.8, 4) is 0 Å². The fourth-order valence-electron chi connectivity index (χ4n) is 2.15. The van der Waals surface area contributed by atoms with E-state index in [1.165, 1.54) is 57.7 Å². The van der Waals surface area contributed by atoms with Crippen LogP contribution in [0.1, 0.15) is 60.3 Å². The first-order valence-corrected chi connectivity index (χ1v) is 7.04. The van der Waals surface area contributed by atoms with Crippen LogP contribution in [-0.2, 0) is 0 Å². The van der Waals surface area contributed by atoms with Crippen molar-refractivity contribution in [3.05, 3.63) is 0 Å². The molecule has 0 aliphatic carbocycles. The summed E-state index contributed by atoms with van der Waals surface area (Å²) in [6, 6.07) is 0. The van der Waals surface area contributed by atoms with E-state index in [0.717, 1.165) is 0 Å². The van der Waals surface area contributed by atoms with E-state index in [9.17, 15) is 0 Å². The van der Waals surface area contributed by atoms with Crippen molar-refractivity contribution in [2.45, 2.75) is 60.3 Å². The normalized spacial score (nSPS) is 10.3. The smallest absolute Gasteiger partial charge is 0.243 e. The summed E-state index contributed by atoms with van der Waals surface area (Å²) >= 11 is 0. The molecule has 0 N–H and O–H groups in total. The van der Waals surface area contributed by atoms with Crippen LogP contribution in [0, 0.1) is 0 Å². The maximum atomic E-state index is 2.55. The van der Waals surface area contributed by atoms with Crippen LogP contribution in [-0.4, -0.2) is 41.5 Å². The molecule has 0 aromatic heterocycles. The van der Waals surface area contributed by atoms with Crippen molar-refractivity contribution in [2.75, 3.05) is 26.2 Å². The Morgan fingerprint density at radius 1 is 0.812 bits per heavy atom. The van der Waals surface area contributed by atoms with E-state index in [2.05, 4.69) is 44.1 Å². The third kappa shape index (κ3) is 5.53. The zero-order valence-electron chi connectivity index (χ0n) is 12.1. The van der Waals surface area contributed by atoms with Gasteiger partial charge in [0.1, 0.15) is 0 Å². The Kier molecular flexibility index (Phi) is 9.36. The molecule has 96 valence electrons. The Morgan fingerprint density at radius 3 is 1.56 bits per heavy atom. The number of rotatable bonds is 8. The molecule has 0 aromatic carbocycles. The minimum absolute atomic E-state index is 1.20. The van der Waals surface area contributed by atoms with E-state index >= 15 is 0 Å². The van der Waals surface area contributed by atoms with Crippen molar-refractivity contribution in [2.24, 2.45) is 0 Å². The van der Waals surface area contributed by atoms with Crippen LogP contribution in [0.2, 0.25) is 0 Å². The van der Waals surface area contributed by atoms with Crippen molar-refractivity contribution in [1.82, 2.24) is 4.90 Å². The van der Waals surface area contributed by atoms with Gasteiger partial charge in [0.05, 0.1) is 26.2 Å². The fraction of sp³-hybridized carbons (Fsp3) is 0.929. The van der Waals surface area contributed by atoms with Gasteiger partial charge in [0.2, 0.25) is 5.84 Å². The third-order valence-electron chi connectivity index (χ3n) is 2.89. The molecule has 0 saturated heterocycles. The molecular formula is C14H31N2+. The van der Waals surface area contributed by atoms with Crippen LogP contribution < -0.4 is 0 Å². The van der Waals surface area contributed by atoms with Gasteiger partial charge in [-0.3, -0.25) is 9.48 Å². The maximum absolute atomic E-state index is 2.55. The molecular weight excluding hydrogens is 196 g/mol. The molecule has 2 nitrogen and oxygen atoms in total. The van der Waals surface area contributed by atoms with Crippen molar-refractivity contribution >= 4 is 5.84 Å². The first kappa shape index (κ1) is 15.5. The van der Waals surface area contributed by atoms with Gasteiger partial charge in [-0.25, -0.2) is 0 Å². The number of amidine groups is 1. The van der Waals surface area contributed by atoms with Gasteiger partial charge in [0, 0.05) is 6.92 Å². The van der Waals surface area contributed by atoms with Gasteiger partial charge in [0.25, 0.3) is 0 Å². The average Bonchev–Trinajstić information content (AvgIpc) is 2.27. The molecule has 0 saturated carbocycles. The summed E-state index contributed by atoms with van der Waals surface area (Å²) in [5, 5.41) is 0. The highest BCUT2D eigenvalue weighted by molar-refractivity contribution is 5.74. The quantitative estimate of drug-likeness (QED) is 0.350. The first-order valence-electron chi connectivity index (χ1n) is 7.04. The van der Waals surface area contributed by atoms with Gasteiger partial charge in [0.15, 0.2) is 0 Å². The molecule has 0 spiro atoms. The van der Waals surface area contributed by atoms with Crippen LogP contribution in [0.4, 0.5) is 0 Å². The molecule has 0 amide bonds. The number of hydrogen-bond acceptors (Lipinski definition) is 0. The molecule has 0 unspecified atom stereocenters. The summed E-state index contributed by atoms with van der Waals surface area (Å²) in [6.07, 6.45) is 4.96. The van der Waals surface area contributed by atoms with Crippen LogP contribution in [0.3, 0.4) is 0 Å². The van der Waals surface area contributed by atoms with Gasteiger partial charge < -0.3 is 0 Å². The minimum Gasteiger partial charge on any atom is -0.266 e. The molecule has 0 aromatic rings. The zero-order chi connectivity index (χ0) is 12.4. The lowest BCUT2D eigenvalue weighted by molar-refractivity contribution is -0.533. The van der Waals surface area contributed by atoms with Crippen LogP contribution >= 0.6 is 0 Å². The lowest BCUT2D eigenvalue weighted by Crippen LogP contribution is -2.38. The molecule has 0 heterocycles. The molecule has 0 bridgehead atoms. The molecule has 0 aliphatic heterocycles. The topological polar surface area (TPSA) is 6.25 Å². The predicted octanol–water partition coefficient (Wildman–Crippen LogP) is 3.36. The fourth-order valence-corrected chi connectivity index (χ4v) is 2.15. The van der Waals surface area contributed by atoms with Gasteiger partial charge >= 0.3 is 0 Å². The van der Waals surface area contributed by atoms with Gasteiger partial charge in [-0.15, -0.1) is 0 Å². The summed E-state index contributed by atoms with van der Waals surface area (Å²) in [4.78, 5) is 2.55. The van der Waals surface area contributed by atoms with Crippen molar-refractivity contribution in [1.29, 1.82) is 0 Å². The largest absolute Gasteiger partial charge is 0.266 e. The van der Waals surface area contributed by atoms with Crippen LogP contribution in [0.5, 0.6) is 0 Å². The molecule has 0 fully saturated rings. The Bertz CT molecular complexity index is 183. The van der Waals surface area contributed by atoms with E-state index < -0.39 is 0 Å². The Hall–Kier alpha value is -0.530. The summed E-state index contributed by atoms with van der Waals surface area (Å²) in [6.45, 7) is 16.1. The number of hydrogen-bond donors (Lipinski definition) is 0. The number of nitrogens with zero attached hydrogens (tertiary/aromatic N) is 2. The average molecular weight is 227 g/mol. The van der Waals surface area contributed by atoms with E-state index in [0.29, 0.717) is 0 Å². The summed E-state index contributed by atoms with van der Waals surface area (Å²) in [5.74, 6) is 1.48. The highest BCUT2D eigenvalue weighted by Gasteiger charge is 2.15. The van der Waals surface area contributed by atoms with E-state index in [1.807, 2.05) is 0 Å². The molecule has 2 heteroatoms. The van der Waals surface area contributed by atoms with E-state index in [1.54, 1.807) is 0 Å². The minimum atomic E-state index is 1.20. The second kappa shape index (κ2) is 9.68. The molecule has 0 atom stereocenters. The lowest BCUT2D eigenvalue weighted by atomic mass is 10.3. The van der Waals surface area contributed by atoms with Gasteiger partial charge in [-0.1, -0.05) is 27.7 Å². The summed E-state index contributed by atoms with van der Waals surface area (Å²) < 4.78 is 2.55. The third-order valence-corrected chi connectivity index (χ3v) is 2.89. The Morgan fingerprint density at radius 2 is 1.25 bits per heavy atom. The zero-order valence-corrected chi connectivity index (χ0v) is 12.1. The second-order valence-electron chi connectivity index (χ2n) is 4.52. The van der Waals surface area contributed by atoms with E-state index in [4.69, 9.17) is 0 Å². The summed E-state index contributed by atoms with van der Waals surface area (Å²) in [5.41, 5.74) is 0.